The molecule has 0 atom stereocenters. The van der Waals surface area contributed by atoms with Crippen LogP contribution < -0.4 is 9.80 Å². The summed E-state index contributed by atoms with van der Waals surface area (Å²) in [6.07, 6.45) is 0. The van der Waals surface area contributed by atoms with Gasteiger partial charge >= 0.3 is 0 Å². The van der Waals surface area contributed by atoms with E-state index in [0.717, 1.165) is 39.7 Å². The molecule has 0 saturated heterocycles. The summed E-state index contributed by atoms with van der Waals surface area (Å²) in [5.74, 6) is 0. The Hall–Kier alpha value is -5.34. The highest BCUT2D eigenvalue weighted by atomic mass is 15.1. The van der Waals surface area contributed by atoms with E-state index in [1.54, 1.807) is 0 Å². The van der Waals surface area contributed by atoms with Crippen LogP contribution in [0.5, 0.6) is 0 Å². The first-order chi connectivity index (χ1) is 19.8. The first-order valence-corrected chi connectivity index (χ1v) is 13.6. The highest BCUT2D eigenvalue weighted by Gasteiger charge is 2.25. The molecule has 6 aromatic carbocycles. The summed E-state index contributed by atoms with van der Waals surface area (Å²) in [7, 11) is 0. The molecule has 2 nitrogen and oxygen atoms in total. The summed E-state index contributed by atoms with van der Waals surface area (Å²) < 4.78 is 0. The first kappa shape index (κ1) is 23.8. The van der Waals surface area contributed by atoms with Gasteiger partial charge in [0.2, 0.25) is 0 Å². The van der Waals surface area contributed by atoms with E-state index in [0.29, 0.717) is 0 Å². The quantitative estimate of drug-likeness (QED) is 0.219. The summed E-state index contributed by atoms with van der Waals surface area (Å²) in [5.41, 5.74) is 12.6. The second-order valence-electron chi connectivity index (χ2n) is 9.95. The zero-order valence-electron chi connectivity index (χ0n) is 22.1. The number of fused-ring (bicyclic) bond motifs is 3. The second kappa shape index (κ2) is 10.1. The molecule has 0 fully saturated rings. The average molecular weight is 513 g/mol. The van der Waals surface area contributed by atoms with Gasteiger partial charge in [0.1, 0.15) is 0 Å². The number of para-hydroxylation sites is 4. The Morgan fingerprint density at radius 1 is 0.300 bits per heavy atom. The van der Waals surface area contributed by atoms with Gasteiger partial charge in [0.05, 0.1) is 0 Å². The highest BCUT2D eigenvalue weighted by molar-refractivity contribution is 6.03. The maximum Gasteiger partial charge on any atom is 0.0468 e. The van der Waals surface area contributed by atoms with Gasteiger partial charge in [-0.1, -0.05) is 91.5 Å². The molecular formula is C38H28N2. The predicted octanol–water partition coefficient (Wildman–Crippen LogP) is 10.7. The standard InChI is InChI=1S/C38H28N2/c1-28-37-26-33(39(29-14-6-2-7-15-29)30-16-8-3-9-17-30)22-24-35(37)36-25-23-34(27-38(28)36)40(31-18-10-4-11-19-31)32-20-12-5-13-21-32/h2-27H,1H2. The van der Waals surface area contributed by atoms with Gasteiger partial charge in [-0.05, 0) is 101 Å². The lowest BCUT2D eigenvalue weighted by molar-refractivity contribution is 1.28. The minimum absolute atomic E-state index is 1.05. The van der Waals surface area contributed by atoms with Gasteiger partial charge < -0.3 is 9.80 Å². The van der Waals surface area contributed by atoms with Gasteiger partial charge in [0.15, 0.2) is 0 Å². The molecular weight excluding hydrogens is 484 g/mol. The van der Waals surface area contributed by atoms with Crippen LogP contribution in [0.4, 0.5) is 34.1 Å². The lowest BCUT2D eigenvalue weighted by atomic mass is 10.0. The molecule has 0 heterocycles. The molecule has 0 saturated carbocycles. The monoisotopic (exact) mass is 512 g/mol. The molecule has 40 heavy (non-hydrogen) atoms. The van der Waals surface area contributed by atoms with Crippen LogP contribution in [0.3, 0.4) is 0 Å². The topological polar surface area (TPSA) is 6.48 Å². The molecule has 0 amide bonds. The van der Waals surface area contributed by atoms with Crippen molar-refractivity contribution in [2.45, 2.75) is 0 Å². The fourth-order valence-electron chi connectivity index (χ4n) is 5.66. The van der Waals surface area contributed by atoms with Crippen molar-refractivity contribution >= 4 is 39.7 Å². The van der Waals surface area contributed by atoms with E-state index >= 15 is 0 Å². The van der Waals surface area contributed by atoms with Crippen molar-refractivity contribution in [1.82, 2.24) is 0 Å². The van der Waals surface area contributed by atoms with Crippen LogP contribution in [0.25, 0.3) is 16.7 Å². The molecule has 0 radical (unpaired) electrons. The van der Waals surface area contributed by atoms with Gasteiger partial charge in [-0.2, -0.15) is 0 Å². The van der Waals surface area contributed by atoms with Crippen LogP contribution in [-0.2, 0) is 0 Å². The van der Waals surface area contributed by atoms with Crippen molar-refractivity contribution in [2.75, 3.05) is 9.80 Å². The van der Waals surface area contributed by atoms with Crippen molar-refractivity contribution < 1.29 is 0 Å². The molecule has 1 aliphatic carbocycles. The zero-order chi connectivity index (χ0) is 26.9. The Bertz CT molecular complexity index is 1580. The Kier molecular flexibility index (Phi) is 5.99. The van der Waals surface area contributed by atoms with E-state index < -0.39 is 0 Å². The van der Waals surface area contributed by atoms with Crippen molar-refractivity contribution in [2.24, 2.45) is 0 Å². The lowest BCUT2D eigenvalue weighted by Crippen LogP contribution is -2.09. The SMILES string of the molecule is C=C1c2cc(N(c3ccccc3)c3ccccc3)ccc2-c2ccc(N(c3ccccc3)c3ccccc3)cc21. The van der Waals surface area contributed by atoms with Crippen molar-refractivity contribution in [1.29, 1.82) is 0 Å². The largest absolute Gasteiger partial charge is 0.310 e. The summed E-state index contributed by atoms with van der Waals surface area (Å²) in [6.45, 7) is 4.59. The van der Waals surface area contributed by atoms with Crippen LogP contribution in [0.2, 0.25) is 0 Å². The van der Waals surface area contributed by atoms with Crippen LogP contribution in [0.1, 0.15) is 11.1 Å². The maximum absolute atomic E-state index is 4.59. The van der Waals surface area contributed by atoms with Crippen LogP contribution >= 0.6 is 0 Å². The minimum Gasteiger partial charge on any atom is -0.310 e. The molecule has 0 bridgehead atoms. The van der Waals surface area contributed by atoms with E-state index in [1.165, 1.54) is 22.3 Å². The van der Waals surface area contributed by atoms with Gasteiger partial charge in [-0.15, -0.1) is 0 Å². The number of benzene rings is 6. The molecule has 6 aromatic rings. The van der Waals surface area contributed by atoms with Gasteiger partial charge in [0.25, 0.3) is 0 Å². The average Bonchev–Trinajstić information content (AvgIpc) is 3.30. The summed E-state index contributed by atoms with van der Waals surface area (Å²) in [4.78, 5) is 4.60. The number of rotatable bonds is 6. The number of hydrogen-bond acceptors (Lipinski definition) is 2. The molecule has 1 aliphatic rings. The van der Waals surface area contributed by atoms with E-state index in [9.17, 15) is 0 Å². The minimum atomic E-state index is 1.05. The first-order valence-electron chi connectivity index (χ1n) is 13.6. The van der Waals surface area contributed by atoms with Crippen molar-refractivity contribution in [3.8, 4) is 11.1 Å². The van der Waals surface area contributed by atoms with E-state index in [-0.39, 0.29) is 0 Å². The smallest absolute Gasteiger partial charge is 0.0468 e. The Balaban J connectivity index is 1.31. The molecule has 7 rings (SSSR count). The molecule has 0 spiro atoms. The third-order valence-corrected chi connectivity index (χ3v) is 7.52. The van der Waals surface area contributed by atoms with Crippen molar-refractivity contribution in [3.63, 3.8) is 0 Å². The predicted molar refractivity (Wildman–Crippen MR) is 169 cm³/mol. The summed E-state index contributed by atoms with van der Waals surface area (Å²) in [5, 5.41) is 0. The summed E-state index contributed by atoms with van der Waals surface area (Å²) >= 11 is 0. The fourth-order valence-corrected chi connectivity index (χ4v) is 5.66. The molecule has 0 aliphatic heterocycles. The lowest BCUT2D eigenvalue weighted by Gasteiger charge is -2.26. The van der Waals surface area contributed by atoms with E-state index in [2.05, 4.69) is 174 Å². The Morgan fingerprint density at radius 2 is 0.600 bits per heavy atom. The second-order valence-corrected chi connectivity index (χ2v) is 9.95. The van der Waals surface area contributed by atoms with Crippen LogP contribution in [-0.4, -0.2) is 0 Å². The molecule has 0 aromatic heterocycles. The summed E-state index contributed by atoms with van der Waals surface area (Å²) in [6, 6.07) is 55.6. The molecule has 2 heteroatoms. The molecule has 0 unspecified atom stereocenters. The Labute approximate surface area is 235 Å². The third-order valence-electron chi connectivity index (χ3n) is 7.52. The van der Waals surface area contributed by atoms with E-state index in [1.807, 2.05) is 0 Å². The third kappa shape index (κ3) is 4.16. The zero-order valence-corrected chi connectivity index (χ0v) is 22.1. The van der Waals surface area contributed by atoms with Crippen LogP contribution in [0.15, 0.2) is 164 Å². The van der Waals surface area contributed by atoms with E-state index in [4.69, 9.17) is 0 Å². The Morgan fingerprint density at radius 3 is 0.900 bits per heavy atom. The fraction of sp³-hybridized carbons (Fsp3) is 0. The number of anilines is 6. The van der Waals surface area contributed by atoms with Gasteiger partial charge in [-0.25, -0.2) is 0 Å². The molecule has 0 N–H and O–H groups in total. The molecule has 190 valence electrons. The maximum atomic E-state index is 4.59. The van der Waals surface area contributed by atoms with Crippen LogP contribution in [0, 0.1) is 0 Å². The van der Waals surface area contributed by atoms with Gasteiger partial charge in [-0.3, -0.25) is 0 Å². The highest BCUT2D eigenvalue weighted by Crippen LogP contribution is 2.48. The number of hydrogen-bond donors (Lipinski definition) is 0. The normalized spacial score (nSPS) is 11.6. The van der Waals surface area contributed by atoms with Gasteiger partial charge in [0, 0.05) is 34.1 Å². The number of nitrogens with zero attached hydrogens (tertiary/aromatic N) is 2. The van der Waals surface area contributed by atoms with Crippen molar-refractivity contribution in [3.05, 3.63) is 175 Å².